The summed E-state index contributed by atoms with van der Waals surface area (Å²) in [6, 6.07) is 7.65. The standard InChI is InChI=1S/C23H28N2O5S2/c1-5-28-17(26)11-13-31-20-19-22(25-16-10-8-7-9-15(16)24-19)30-23(3,4)21(20)32-14-12-18(27)29-6-2/h7-10H,5-6,11-14H2,1-4H3. The lowest BCUT2D eigenvalue weighted by Crippen LogP contribution is -2.34. The highest BCUT2D eigenvalue weighted by atomic mass is 32.2. The molecule has 0 saturated carbocycles. The first-order valence-corrected chi connectivity index (χ1v) is 12.6. The number of aromatic nitrogens is 2. The molecular weight excluding hydrogens is 448 g/mol. The van der Waals surface area contributed by atoms with Gasteiger partial charge in [0, 0.05) is 16.4 Å². The number of carbonyl (C=O) groups excluding carboxylic acids is 2. The Hall–Kier alpha value is -2.26. The topological polar surface area (TPSA) is 87.6 Å². The van der Waals surface area contributed by atoms with E-state index in [0.717, 1.165) is 20.8 Å². The van der Waals surface area contributed by atoms with Gasteiger partial charge in [0.25, 0.3) is 0 Å². The largest absolute Gasteiger partial charge is 0.466 e. The molecule has 0 fully saturated rings. The van der Waals surface area contributed by atoms with Crippen molar-refractivity contribution >= 4 is 51.4 Å². The maximum absolute atomic E-state index is 11.9. The van der Waals surface area contributed by atoms with Crippen molar-refractivity contribution in [2.75, 3.05) is 24.7 Å². The van der Waals surface area contributed by atoms with Crippen molar-refractivity contribution in [3.8, 4) is 5.88 Å². The van der Waals surface area contributed by atoms with Crippen molar-refractivity contribution in [1.82, 2.24) is 9.97 Å². The first-order chi connectivity index (χ1) is 15.4. The fourth-order valence-electron chi connectivity index (χ4n) is 3.18. The second-order valence-electron chi connectivity index (χ2n) is 7.44. The third-order valence-corrected chi connectivity index (χ3v) is 7.19. The number of fused-ring (bicyclic) bond motifs is 2. The number of nitrogens with zero attached hydrogens (tertiary/aromatic N) is 2. The van der Waals surface area contributed by atoms with Gasteiger partial charge in [0.05, 0.1) is 42.0 Å². The van der Waals surface area contributed by atoms with Crippen LogP contribution in [-0.2, 0) is 19.1 Å². The number of hydrogen-bond acceptors (Lipinski definition) is 9. The molecule has 1 aromatic carbocycles. The van der Waals surface area contributed by atoms with Crippen LogP contribution in [-0.4, -0.2) is 52.2 Å². The smallest absolute Gasteiger partial charge is 0.306 e. The summed E-state index contributed by atoms with van der Waals surface area (Å²) in [6.45, 7) is 8.28. The summed E-state index contributed by atoms with van der Waals surface area (Å²) in [5.74, 6) is 1.12. The van der Waals surface area contributed by atoms with E-state index in [-0.39, 0.29) is 11.9 Å². The molecule has 0 unspecified atom stereocenters. The summed E-state index contributed by atoms with van der Waals surface area (Å²) in [6.07, 6.45) is 0.593. The first kappa shape index (κ1) is 24.4. The van der Waals surface area contributed by atoms with Crippen LogP contribution >= 0.6 is 23.5 Å². The Morgan fingerprint density at radius 2 is 1.50 bits per heavy atom. The van der Waals surface area contributed by atoms with Crippen LogP contribution in [0.25, 0.3) is 15.9 Å². The van der Waals surface area contributed by atoms with Gasteiger partial charge in [0.1, 0.15) is 11.3 Å². The zero-order valence-electron chi connectivity index (χ0n) is 18.8. The molecule has 0 saturated heterocycles. The molecule has 0 spiro atoms. The Labute approximate surface area is 196 Å². The zero-order valence-corrected chi connectivity index (χ0v) is 20.4. The number of carbonyl (C=O) groups is 2. The van der Waals surface area contributed by atoms with Crippen LogP contribution < -0.4 is 4.74 Å². The maximum Gasteiger partial charge on any atom is 0.306 e. The minimum Gasteiger partial charge on any atom is -0.466 e. The first-order valence-electron chi connectivity index (χ1n) is 10.6. The molecule has 172 valence electrons. The van der Waals surface area contributed by atoms with E-state index < -0.39 is 5.60 Å². The van der Waals surface area contributed by atoms with Gasteiger partial charge in [0.15, 0.2) is 0 Å². The molecule has 3 rings (SSSR count). The Bertz CT molecular complexity index is 1020. The normalized spacial score (nSPS) is 14.6. The average molecular weight is 477 g/mol. The van der Waals surface area contributed by atoms with Crippen LogP contribution in [0.15, 0.2) is 29.2 Å². The molecule has 0 bridgehead atoms. The van der Waals surface area contributed by atoms with Crippen LogP contribution in [0.3, 0.4) is 0 Å². The monoisotopic (exact) mass is 476 g/mol. The molecule has 32 heavy (non-hydrogen) atoms. The molecule has 1 aliphatic rings. The number of thioether (sulfide) groups is 2. The molecule has 0 amide bonds. The van der Waals surface area contributed by atoms with Crippen molar-refractivity contribution in [2.24, 2.45) is 0 Å². The highest BCUT2D eigenvalue weighted by molar-refractivity contribution is 8.10. The lowest BCUT2D eigenvalue weighted by Gasteiger charge is -2.35. The maximum atomic E-state index is 11.9. The Morgan fingerprint density at radius 3 is 2.09 bits per heavy atom. The predicted octanol–water partition coefficient (Wildman–Crippen LogP) is 4.84. The third-order valence-electron chi connectivity index (χ3n) is 4.57. The number of esters is 2. The highest BCUT2D eigenvalue weighted by Crippen LogP contribution is 2.49. The van der Waals surface area contributed by atoms with Crippen molar-refractivity contribution in [2.45, 2.75) is 46.1 Å². The van der Waals surface area contributed by atoms with Crippen LogP contribution in [0.1, 0.15) is 46.2 Å². The van der Waals surface area contributed by atoms with Gasteiger partial charge < -0.3 is 14.2 Å². The molecule has 2 aromatic rings. The van der Waals surface area contributed by atoms with Gasteiger partial charge >= 0.3 is 11.9 Å². The molecule has 1 aromatic heterocycles. The summed E-state index contributed by atoms with van der Waals surface area (Å²) < 4.78 is 16.4. The van der Waals surface area contributed by atoms with E-state index in [1.807, 2.05) is 38.1 Å². The Morgan fingerprint density at radius 1 is 0.938 bits per heavy atom. The quantitative estimate of drug-likeness (QED) is 0.447. The van der Waals surface area contributed by atoms with Gasteiger partial charge in [-0.25, -0.2) is 9.97 Å². The van der Waals surface area contributed by atoms with Crippen molar-refractivity contribution in [3.63, 3.8) is 0 Å². The molecule has 7 nitrogen and oxygen atoms in total. The lowest BCUT2D eigenvalue weighted by molar-refractivity contribution is -0.143. The van der Waals surface area contributed by atoms with E-state index >= 15 is 0 Å². The summed E-state index contributed by atoms with van der Waals surface area (Å²) in [4.78, 5) is 35.1. The van der Waals surface area contributed by atoms with Gasteiger partial charge in [-0.15, -0.1) is 23.5 Å². The van der Waals surface area contributed by atoms with Crippen molar-refractivity contribution in [3.05, 3.63) is 34.9 Å². The number of rotatable bonds is 10. The molecule has 1 aliphatic heterocycles. The van der Waals surface area contributed by atoms with Crippen molar-refractivity contribution < 1.29 is 23.8 Å². The van der Waals surface area contributed by atoms with E-state index in [9.17, 15) is 9.59 Å². The number of ether oxygens (including phenoxy) is 3. The fourth-order valence-corrected chi connectivity index (χ4v) is 5.75. The molecular formula is C23H28N2O5S2. The molecule has 0 aliphatic carbocycles. The second kappa shape index (κ2) is 11.0. The molecule has 0 N–H and O–H groups in total. The van der Waals surface area contributed by atoms with Crippen LogP contribution in [0.4, 0.5) is 0 Å². The van der Waals surface area contributed by atoms with E-state index in [1.54, 1.807) is 37.4 Å². The molecule has 2 heterocycles. The minimum absolute atomic E-state index is 0.224. The summed E-state index contributed by atoms with van der Waals surface area (Å²) in [5.41, 5.74) is 1.54. The van der Waals surface area contributed by atoms with Gasteiger partial charge in [-0.05, 0) is 39.8 Å². The van der Waals surface area contributed by atoms with Gasteiger partial charge in [-0.3, -0.25) is 9.59 Å². The average Bonchev–Trinajstić information content (AvgIpc) is 2.74. The summed E-state index contributed by atoms with van der Waals surface area (Å²) in [7, 11) is 0. The highest BCUT2D eigenvalue weighted by Gasteiger charge is 2.37. The SMILES string of the molecule is CCOC(=O)CCSC1=C(SCCC(=O)OCC)C(C)(C)Oc2nc3ccccc3nc21. The van der Waals surface area contributed by atoms with Crippen LogP contribution in [0.5, 0.6) is 5.88 Å². The number of hydrogen-bond donors (Lipinski definition) is 0. The fraction of sp³-hybridized carbons (Fsp3) is 0.478. The summed E-state index contributed by atoms with van der Waals surface area (Å²) in [5, 5.41) is 0. The van der Waals surface area contributed by atoms with E-state index in [0.29, 0.717) is 49.1 Å². The zero-order chi connectivity index (χ0) is 23.1. The summed E-state index contributed by atoms with van der Waals surface area (Å²) >= 11 is 3.10. The van der Waals surface area contributed by atoms with E-state index in [2.05, 4.69) is 0 Å². The number of benzene rings is 1. The molecule has 0 radical (unpaired) electrons. The predicted molar refractivity (Wildman–Crippen MR) is 129 cm³/mol. The van der Waals surface area contributed by atoms with Crippen LogP contribution in [0, 0.1) is 0 Å². The van der Waals surface area contributed by atoms with Gasteiger partial charge in [-0.2, -0.15) is 0 Å². The Balaban J connectivity index is 1.94. The molecule has 0 atom stereocenters. The Kier molecular flexibility index (Phi) is 8.42. The van der Waals surface area contributed by atoms with Crippen LogP contribution in [0.2, 0.25) is 0 Å². The third kappa shape index (κ3) is 5.95. The second-order valence-corrected chi connectivity index (χ2v) is 9.65. The lowest BCUT2D eigenvalue weighted by atomic mass is 10.1. The van der Waals surface area contributed by atoms with Gasteiger partial charge in [-0.1, -0.05) is 12.1 Å². The van der Waals surface area contributed by atoms with E-state index in [4.69, 9.17) is 24.2 Å². The molecule has 9 heteroatoms. The minimum atomic E-state index is -0.657. The van der Waals surface area contributed by atoms with Crippen molar-refractivity contribution in [1.29, 1.82) is 0 Å². The van der Waals surface area contributed by atoms with Gasteiger partial charge in [0.2, 0.25) is 5.88 Å². The van der Waals surface area contributed by atoms with E-state index in [1.165, 1.54) is 0 Å². The number of para-hydroxylation sites is 2.